The molecule has 0 fully saturated rings. The summed E-state index contributed by atoms with van der Waals surface area (Å²) in [4.78, 5) is 0. The smallest absolute Gasteiger partial charge is 0.124 e. The molecule has 2 heteroatoms. The minimum absolute atomic E-state index is 0.250. The minimum atomic E-state index is -0.532. The highest BCUT2D eigenvalue weighted by Crippen LogP contribution is 2.30. The number of benzene rings is 1. The summed E-state index contributed by atoms with van der Waals surface area (Å²) in [6.45, 7) is 4.10. The topological polar surface area (TPSA) is 40.5 Å². The molecule has 20 heavy (non-hydrogen) atoms. The summed E-state index contributed by atoms with van der Waals surface area (Å²) >= 11 is 0. The molecule has 114 valence electrons. The number of rotatable bonds is 10. The molecule has 0 aliphatic heterocycles. The van der Waals surface area contributed by atoms with Gasteiger partial charge in [0.05, 0.1) is 6.10 Å². The zero-order valence-corrected chi connectivity index (χ0v) is 13.1. The van der Waals surface area contributed by atoms with Crippen molar-refractivity contribution in [2.24, 2.45) is 0 Å². The molecule has 1 rings (SSSR count). The number of aliphatic hydroxyl groups excluding tert-OH is 1. The van der Waals surface area contributed by atoms with E-state index in [1.807, 2.05) is 25.1 Å². The van der Waals surface area contributed by atoms with Crippen molar-refractivity contribution in [2.45, 2.75) is 77.7 Å². The van der Waals surface area contributed by atoms with Crippen molar-refractivity contribution >= 4 is 0 Å². The van der Waals surface area contributed by atoms with Crippen molar-refractivity contribution in [3.05, 3.63) is 29.3 Å². The van der Waals surface area contributed by atoms with E-state index < -0.39 is 6.10 Å². The number of para-hydroxylation sites is 1. The Hall–Kier alpha value is -1.02. The van der Waals surface area contributed by atoms with Crippen LogP contribution >= 0.6 is 0 Å². The van der Waals surface area contributed by atoms with Gasteiger partial charge in [-0.3, -0.25) is 0 Å². The molecule has 0 spiro atoms. The summed E-state index contributed by atoms with van der Waals surface area (Å²) in [7, 11) is 0. The van der Waals surface area contributed by atoms with Gasteiger partial charge in [0, 0.05) is 5.56 Å². The summed E-state index contributed by atoms with van der Waals surface area (Å²) in [6.07, 6.45) is 10.3. The first-order chi connectivity index (χ1) is 9.66. The monoisotopic (exact) mass is 278 g/mol. The van der Waals surface area contributed by atoms with Crippen LogP contribution in [0.25, 0.3) is 0 Å². The van der Waals surface area contributed by atoms with Crippen molar-refractivity contribution in [1.82, 2.24) is 0 Å². The molecule has 0 aromatic heterocycles. The van der Waals surface area contributed by atoms with E-state index in [-0.39, 0.29) is 5.75 Å². The molecule has 0 aliphatic carbocycles. The third-order valence-corrected chi connectivity index (χ3v) is 3.96. The highest BCUT2D eigenvalue weighted by Gasteiger charge is 2.12. The summed E-state index contributed by atoms with van der Waals surface area (Å²) in [6, 6.07) is 5.57. The van der Waals surface area contributed by atoms with Crippen LogP contribution in [-0.4, -0.2) is 10.2 Å². The zero-order valence-electron chi connectivity index (χ0n) is 13.1. The van der Waals surface area contributed by atoms with E-state index in [0.29, 0.717) is 5.56 Å². The van der Waals surface area contributed by atoms with Crippen molar-refractivity contribution < 1.29 is 10.2 Å². The average molecular weight is 278 g/mol. The number of aliphatic hydroxyl groups is 1. The minimum Gasteiger partial charge on any atom is -0.507 e. The first-order valence-corrected chi connectivity index (χ1v) is 8.13. The highest BCUT2D eigenvalue weighted by molar-refractivity contribution is 5.40. The number of phenols is 1. The quantitative estimate of drug-likeness (QED) is 0.573. The Morgan fingerprint density at radius 1 is 0.950 bits per heavy atom. The van der Waals surface area contributed by atoms with Gasteiger partial charge >= 0.3 is 0 Å². The molecule has 0 aliphatic rings. The Bertz CT molecular complexity index is 374. The maximum Gasteiger partial charge on any atom is 0.124 e. The number of aryl methyl sites for hydroxylation is 1. The standard InChI is InChI=1S/C18H30O2/c1-3-4-5-6-7-8-9-10-14-17(19)16-13-11-12-15(2)18(16)20/h11-13,17,19-20H,3-10,14H2,1-2H3. The predicted octanol–water partition coefficient (Wildman–Crippen LogP) is 5.26. The third kappa shape index (κ3) is 5.96. The Balaban J connectivity index is 2.17. The average Bonchev–Trinajstić information content (AvgIpc) is 2.44. The third-order valence-electron chi connectivity index (χ3n) is 3.96. The van der Waals surface area contributed by atoms with E-state index in [4.69, 9.17) is 0 Å². The van der Waals surface area contributed by atoms with Crippen LogP contribution in [0.3, 0.4) is 0 Å². The van der Waals surface area contributed by atoms with Gasteiger partial charge in [0.2, 0.25) is 0 Å². The molecule has 2 nitrogen and oxygen atoms in total. The summed E-state index contributed by atoms with van der Waals surface area (Å²) in [5.41, 5.74) is 1.51. The molecule has 0 amide bonds. The van der Waals surface area contributed by atoms with Crippen LogP contribution in [0.5, 0.6) is 5.75 Å². The van der Waals surface area contributed by atoms with Crippen molar-refractivity contribution in [2.75, 3.05) is 0 Å². The Morgan fingerprint density at radius 2 is 1.55 bits per heavy atom. The van der Waals surface area contributed by atoms with Crippen LogP contribution in [-0.2, 0) is 0 Å². The van der Waals surface area contributed by atoms with Crippen LogP contribution in [0.2, 0.25) is 0 Å². The molecular formula is C18H30O2. The first-order valence-electron chi connectivity index (χ1n) is 8.13. The number of hydrogen-bond donors (Lipinski definition) is 2. The van der Waals surface area contributed by atoms with Crippen LogP contribution < -0.4 is 0 Å². The number of unbranched alkanes of at least 4 members (excludes halogenated alkanes) is 7. The molecule has 1 aromatic rings. The predicted molar refractivity (Wildman–Crippen MR) is 85.0 cm³/mol. The molecule has 0 saturated carbocycles. The Morgan fingerprint density at radius 3 is 2.20 bits per heavy atom. The molecule has 1 unspecified atom stereocenters. The van der Waals surface area contributed by atoms with Crippen LogP contribution in [0.4, 0.5) is 0 Å². The lowest BCUT2D eigenvalue weighted by atomic mass is 9.99. The van der Waals surface area contributed by atoms with Crippen molar-refractivity contribution in [3.63, 3.8) is 0 Å². The van der Waals surface area contributed by atoms with Gasteiger partial charge < -0.3 is 10.2 Å². The molecule has 1 atom stereocenters. The van der Waals surface area contributed by atoms with E-state index in [1.165, 1.54) is 44.9 Å². The van der Waals surface area contributed by atoms with E-state index in [2.05, 4.69) is 6.92 Å². The summed E-state index contributed by atoms with van der Waals surface area (Å²) in [5, 5.41) is 20.1. The Kier molecular flexibility index (Phi) is 8.36. The van der Waals surface area contributed by atoms with E-state index >= 15 is 0 Å². The SMILES string of the molecule is CCCCCCCCCCC(O)c1cccc(C)c1O. The maximum absolute atomic E-state index is 10.1. The fourth-order valence-corrected chi connectivity index (χ4v) is 2.58. The van der Waals surface area contributed by atoms with Crippen molar-refractivity contribution in [1.29, 1.82) is 0 Å². The van der Waals surface area contributed by atoms with Crippen molar-refractivity contribution in [3.8, 4) is 5.75 Å². The summed E-state index contributed by atoms with van der Waals surface area (Å²) < 4.78 is 0. The molecule has 0 bridgehead atoms. The largest absolute Gasteiger partial charge is 0.507 e. The normalized spacial score (nSPS) is 12.6. The number of hydrogen-bond acceptors (Lipinski definition) is 2. The van der Waals surface area contributed by atoms with Gasteiger partial charge in [-0.1, -0.05) is 76.5 Å². The van der Waals surface area contributed by atoms with E-state index in [0.717, 1.165) is 18.4 Å². The van der Waals surface area contributed by atoms with E-state index in [1.54, 1.807) is 0 Å². The van der Waals surface area contributed by atoms with Crippen LogP contribution in [0.1, 0.15) is 81.9 Å². The lowest BCUT2D eigenvalue weighted by Crippen LogP contribution is -1.98. The molecule has 2 N–H and O–H groups in total. The fraction of sp³-hybridized carbons (Fsp3) is 0.667. The van der Waals surface area contributed by atoms with Gasteiger partial charge in [0.15, 0.2) is 0 Å². The second-order valence-corrected chi connectivity index (χ2v) is 5.79. The van der Waals surface area contributed by atoms with Gasteiger partial charge in [-0.05, 0) is 18.9 Å². The summed E-state index contributed by atoms with van der Waals surface area (Å²) in [5.74, 6) is 0.250. The van der Waals surface area contributed by atoms with Gasteiger partial charge in [0.25, 0.3) is 0 Å². The van der Waals surface area contributed by atoms with Crippen LogP contribution in [0.15, 0.2) is 18.2 Å². The molecule has 1 aromatic carbocycles. The first kappa shape index (κ1) is 17.0. The van der Waals surface area contributed by atoms with Gasteiger partial charge in [-0.2, -0.15) is 0 Å². The fourth-order valence-electron chi connectivity index (χ4n) is 2.58. The molecule has 0 saturated heterocycles. The second-order valence-electron chi connectivity index (χ2n) is 5.79. The Labute approximate surface area is 123 Å². The van der Waals surface area contributed by atoms with Crippen LogP contribution in [0, 0.1) is 6.92 Å². The lowest BCUT2D eigenvalue weighted by Gasteiger charge is -2.13. The number of aromatic hydroxyl groups is 1. The highest BCUT2D eigenvalue weighted by atomic mass is 16.3. The van der Waals surface area contributed by atoms with Gasteiger partial charge in [0.1, 0.15) is 5.75 Å². The zero-order chi connectivity index (χ0) is 14.8. The number of phenolic OH excluding ortho intramolecular Hbond substituents is 1. The van der Waals surface area contributed by atoms with Gasteiger partial charge in [-0.15, -0.1) is 0 Å². The maximum atomic E-state index is 10.1. The molecular weight excluding hydrogens is 248 g/mol. The van der Waals surface area contributed by atoms with E-state index in [9.17, 15) is 10.2 Å². The molecule has 0 heterocycles. The van der Waals surface area contributed by atoms with Gasteiger partial charge in [-0.25, -0.2) is 0 Å². The molecule has 0 radical (unpaired) electrons. The lowest BCUT2D eigenvalue weighted by molar-refractivity contribution is 0.159. The second kappa shape index (κ2) is 9.82.